The number of aromatic amines is 1. The Morgan fingerprint density at radius 1 is 1.13 bits per heavy atom. The van der Waals surface area contributed by atoms with Crippen LogP contribution in [0.1, 0.15) is 29.5 Å². The number of nitrogens with zero attached hydrogens (tertiary/aromatic N) is 1. The highest BCUT2D eigenvalue weighted by Gasteiger charge is 2.35. The average Bonchev–Trinajstić information content (AvgIpc) is 2.72. The molecule has 7 heteroatoms. The summed E-state index contributed by atoms with van der Waals surface area (Å²) in [6.07, 6.45) is 1.19. The van der Waals surface area contributed by atoms with Gasteiger partial charge in [0, 0.05) is 4.47 Å². The summed E-state index contributed by atoms with van der Waals surface area (Å²) in [6.45, 7) is 0. The molecule has 1 amide bonds. The van der Waals surface area contributed by atoms with E-state index in [1.165, 1.54) is 4.57 Å². The Bertz CT molecular complexity index is 1450. The van der Waals surface area contributed by atoms with E-state index in [1.807, 2.05) is 48.5 Å². The standard InChI is InChI=1S/C23H18BrN3O3/c24-14-10-13-8-9-18(27-20(13)17(11-14)26-22(29)23(27)30)19(21(25)28)16-7-3-5-12-4-1-2-6-15(12)16/h1-7,10-11,18-19H,8-9H2,(H2,25,28)(H,26,29). The number of carbonyl (C=O) groups is 1. The normalized spacial score (nSPS) is 16.6. The highest BCUT2D eigenvalue weighted by atomic mass is 79.9. The van der Waals surface area contributed by atoms with E-state index in [2.05, 4.69) is 20.9 Å². The molecular weight excluding hydrogens is 446 g/mol. The molecule has 4 aromatic rings. The van der Waals surface area contributed by atoms with E-state index >= 15 is 0 Å². The molecular formula is C23H18BrN3O3. The Balaban J connectivity index is 1.82. The van der Waals surface area contributed by atoms with Gasteiger partial charge in [0.1, 0.15) is 0 Å². The second-order valence-corrected chi connectivity index (χ2v) is 8.56. The second-order valence-electron chi connectivity index (χ2n) is 7.64. The lowest BCUT2D eigenvalue weighted by atomic mass is 9.82. The van der Waals surface area contributed by atoms with Gasteiger partial charge in [0.2, 0.25) is 5.91 Å². The van der Waals surface area contributed by atoms with Gasteiger partial charge in [-0.2, -0.15) is 0 Å². The number of halogens is 1. The largest absolute Gasteiger partial charge is 0.369 e. The summed E-state index contributed by atoms with van der Waals surface area (Å²) in [5, 5.41) is 1.91. The van der Waals surface area contributed by atoms with Gasteiger partial charge < -0.3 is 10.7 Å². The first-order valence-electron chi connectivity index (χ1n) is 9.69. The lowest BCUT2D eigenvalue weighted by Crippen LogP contribution is -2.43. The molecule has 0 bridgehead atoms. The minimum Gasteiger partial charge on any atom is -0.369 e. The van der Waals surface area contributed by atoms with E-state index in [9.17, 15) is 14.4 Å². The first-order chi connectivity index (χ1) is 14.5. The maximum atomic E-state index is 13.0. The summed E-state index contributed by atoms with van der Waals surface area (Å²) in [6, 6.07) is 16.7. The number of nitrogens with two attached hydrogens (primary N) is 1. The number of fused-ring (bicyclic) bond motifs is 1. The summed E-state index contributed by atoms with van der Waals surface area (Å²) >= 11 is 3.46. The SMILES string of the molecule is NC(=O)C(c1cccc2ccccc12)C1CCc2cc(Br)cc3[nH]c(=O)c(=O)n1c23. The molecule has 0 radical (unpaired) electrons. The molecule has 3 aromatic carbocycles. The zero-order valence-electron chi connectivity index (χ0n) is 15.9. The molecule has 2 atom stereocenters. The van der Waals surface area contributed by atoms with Crippen LogP contribution in [0.5, 0.6) is 0 Å². The van der Waals surface area contributed by atoms with Crippen LogP contribution in [0.25, 0.3) is 21.8 Å². The quantitative estimate of drug-likeness (QED) is 0.455. The van der Waals surface area contributed by atoms with E-state index in [1.54, 1.807) is 6.07 Å². The van der Waals surface area contributed by atoms with Crippen molar-refractivity contribution in [2.75, 3.05) is 0 Å². The Labute approximate surface area is 179 Å². The van der Waals surface area contributed by atoms with Crippen LogP contribution in [-0.4, -0.2) is 15.5 Å². The highest BCUT2D eigenvalue weighted by molar-refractivity contribution is 9.10. The lowest BCUT2D eigenvalue weighted by molar-refractivity contribution is -0.120. The summed E-state index contributed by atoms with van der Waals surface area (Å²) < 4.78 is 2.31. The van der Waals surface area contributed by atoms with Gasteiger partial charge in [-0.3, -0.25) is 19.0 Å². The minimum absolute atomic E-state index is 0.516. The van der Waals surface area contributed by atoms with Crippen LogP contribution in [0.15, 0.2) is 68.7 Å². The van der Waals surface area contributed by atoms with E-state index < -0.39 is 29.0 Å². The van der Waals surface area contributed by atoms with Crippen molar-refractivity contribution in [3.63, 3.8) is 0 Å². The molecule has 5 rings (SSSR count). The number of hydrogen-bond acceptors (Lipinski definition) is 3. The Morgan fingerprint density at radius 3 is 2.70 bits per heavy atom. The number of carbonyl (C=O) groups excluding carboxylic acids is 1. The number of rotatable bonds is 3. The molecule has 6 nitrogen and oxygen atoms in total. The number of aryl methyl sites for hydroxylation is 1. The smallest absolute Gasteiger partial charge is 0.317 e. The second kappa shape index (κ2) is 6.95. The van der Waals surface area contributed by atoms with Crippen molar-refractivity contribution < 1.29 is 4.79 Å². The molecule has 1 aromatic heterocycles. The van der Waals surface area contributed by atoms with Crippen LogP contribution in [0.4, 0.5) is 0 Å². The topological polar surface area (TPSA) is 98.0 Å². The number of primary amides is 1. The predicted molar refractivity (Wildman–Crippen MR) is 120 cm³/mol. The molecule has 0 aliphatic carbocycles. The van der Waals surface area contributed by atoms with Gasteiger partial charge >= 0.3 is 11.1 Å². The minimum atomic E-state index is -0.740. The fourth-order valence-electron chi connectivity index (χ4n) is 4.75. The Morgan fingerprint density at radius 2 is 1.90 bits per heavy atom. The first-order valence-corrected chi connectivity index (χ1v) is 10.5. The summed E-state index contributed by atoms with van der Waals surface area (Å²) in [4.78, 5) is 40.8. The van der Waals surface area contributed by atoms with Crippen molar-refractivity contribution in [1.29, 1.82) is 0 Å². The molecule has 0 saturated carbocycles. The predicted octanol–water partition coefficient (Wildman–Crippen LogP) is 3.36. The highest BCUT2D eigenvalue weighted by Crippen LogP contribution is 2.40. The fourth-order valence-corrected chi connectivity index (χ4v) is 5.25. The molecule has 1 aliphatic rings. The van der Waals surface area contributed by atoms with Crippen molar-refractivity contribution in [2.24, 2.45) is 5.73 Å². The first kappa shape index (κ1) is 18.8. The molecule has 0 fully saturated rings. The number of amides is 1. The van der Waals surface area contributed by atoms with Crippen LogP contribution in [0.2, 0.25) is 0 Å². The summed E-state index contributed by atoms with van der Waals surface area (Å²) in [7, 11) is 0. The van der Waals surface area contributed by atoms with Gasteiger partial charge in [-0.05, 0) is 46.9 Å². The number of hydrogen-bond donors (Lipinski definition) is 2. The van der Waals surface area contributed by atoms with E-state index in [0.717, 1.165) is 26.4 Å². The zero-order valence-corrected chi connectivity index (χ0v) is 17.5. The number of benzene rings is 3. The van der Waals surface area contributed by atoms with Crippen molar-refractivity contribution in [1.82, 2.24) is 9.55 Å². The maximum absolute atomic E-state index is 13.0. The summed E-state index contributed by atoms with van der Waals surface area (Å²) in [5.74, 6) is -1.26. The molecule has 3 N–H and O–H groups in total. The third-order valence-corrected chi connectivity index (χ3v) is 6.40. The van der Waals surface area contributed by atoms with Crippen LogP contribution >= 0.6 is 15.9 Å². The van der Waals surface area contributed by atoms with Gasteiger partial charge in [-0.15, -0.1) is 0 Å². The average molecular weight is 464 g/mol. The fraction of sp³-hybridized carbons (Fsp3) is 0.174. The van der Waals surface area contributed by atoms with Gasteiger partial charge in [-0.25, -0.2) is 0 Å². The van der Waals surface area contributed by atoms with Crippen LogP contribution < -0.4 is 16.9 Å². The monoisotopic (exact) mass is 463 g/mol. The number of aromatic nitrogens is 2. The van der Waals surface area contributed by atoms with Gasteiger partial charge in [0.15, 0.2) is 0 Å². The maximum Gasteiger partial charge on any atom is 0.317 e. The third-order valence-electron chi connectivity index (χ3n) is 5.95. The third kappa shape index (κ3) is 2.81. The van der Waals surface area contributed by atoms with Crippen LogP contribution in [0, 0.1) is 0 Å². The zero-order chi connectivity index (χ0) is 21.0. The molecule has 2 unspecified atom stereocenters. The Hall–Kier alpha value is -3.19. The lowest BCUT2D eigenvalue weighted by Gasteiger charge is -2.33. The van der Waals surface area contributed by atoms with Crippen LogP contribution in [0.3, 0.4) is 0 Å². The van der Waals surface area contributed by atoms with Gasteiger partial charge in [-0.1, -0.05) is 58.4 Å². The van der Waals surface area contributed by atoms with Crippen molar-refractivity contribution in [3.8, 4) is 0 Å². The van der Waals surface area contributed by atoms with E-state index in [-0.39, 0.29) is 0 Å². The molecule has 30 heavy (non-hydrogen) atoms. The molecule has 150 valence electrons. The Kier molecular flexibility index (Phi) is 4.36. The summed E-state index contributed by atoms with van der Waals surface area (Å²) in [5.41, 5.74) is 7.47. The molecule has 2 heterocycles. The number of H-pyrrole nitrogens is 1. The number of nitrogens with one attached hydrogen (secondary N) is 1. The molecule has 1 aliphatic heterocycles. The van der Waals surface area contributed by atoms with E-state index in [4.69, 9.17) is 5.73 Å². The molecule has 0 spiro atoms. The van der Waals surface area contributed by atoms with E-state index in [0.29, 0.717) is 23.9 Å². The molecule has 0 saturated heterocycles. The van der Waals surface area contributed by atoms with Crippen molar-refractivity contribution in [2.45, 2.75) is 24.8 Å². The van der Waals surface area contributed by atoms with Gasteiger partial charge in [0.25, 0.3) is 0 Å². The van der Waals surface area contributed by atoms with Crippen LogP contribution in [-0.2, 0) is 11.2 Å². The van der Waals surface area contributed by atoms with Gasteiger partial charge in [0.05, 0.1) is 23.0 Å². The van der Waals surface area contributed by atoms with Crippen molar-refractivity contribution >= 4 is 43.6 Å². The van der Waals surface area contributed by atoms with Crippen molar-refractivity contribution in [3.05, 3.63) is 90.9 Å².